The largest absolute Gasteiger partial charge is 0.480 e. The van der Waals surface area contributed by atoms with Gasteiger partial charge < -0.3 is 10.4 Å². The number of carboxylic acid groups (broad SMARTS) is 1. The lowest BCUT2D eigenvalue weighted by molar-refractivity contribution is -0.147. The Balaban J connectivity index is 2.21. The number of carboxylic acids is 1. The van der Waals surface area contributed by atoms with E-state index in [0.717, 1.165) is 37.5 Å². The summed E-state index contributed by atoms with van der Waals surface area (Å²) in [6.45, 7) is 6.57. The number of aromatic nitrogens is 3. The van der Waals surface area contributed by atoms with Crippen LogP contribution in [0.4, 0.5) is 0 Å². The predicted octanol–water partition coefficient (Wildman–Crippen LogP) is 1.83. The van der Waals surface area contributed by atoms with Gasteiger partial charge >= 0.3 is 5.97 Å². The highest BCUT2D eigenvalue weighted by Gasteiger charge is 2.43. The van der Waals surface area contributed by atoms with Gasteiger partial charge in [0, 0.05) is 0 Å². The van der Waals surface area contributed by atoms with Crippen molar-refractivity contribution in [1.29, 1.82) is 0 Å². The molecular weight excluding hydrogens is 256 g/mol. The molecule has 1 heterocycles. The second-order valence-electron chi connectivity index (χ2n) is 5.72. The van der Waals surface area contributed by atoms with Gasteiger partial charge in [-0.25, -0.2) is 9.67 Å². The average Bonchev–Trinajstić information content (AvgIpc) is 2.75. The maximum atomic E-state index is 11.7. The smallest absolute Gasteiger partial charge is 0.323 e. The van der Waals surface area contributed by atoms with Crippen LogP contribution in [0, 0.1) is 13.8 Å². The van der Waals surface area contributed by atoms with Crippen LogP contribution in [0.1, 0.15) is 56.7 Å². The van der Waals surface area contributed by atoms with E-state index in [1.165, 1.54) is 0 Å². The van der Waals surface area contributed by atoms with Gasteiger partial charge in [-0.05, 0) is 52.5 Å². The molecule has 112 valence electrons. The zero-order chi connectivity index (χ0) is 14.8. The molecular formula is C14H24N4O2. The van der Waals surface area contributed by atoms with Crippen LogP contribution in [-0.2, 0) is 4.79 Å². The summed E-state index contributed by atoms with van der Waals surface area (Å²) in [6, 6.07) is 0.116. The number of aryl methyl sites for hydroxylation is 2. The van der Waals surface area contributed by atoms with Crippen molar-refractivity contribution < 1.29 is 9.90 Å². The fourth-order valence-electron chi connectivity index (χ4n) is 3.13. The topological polar surface area (TPSA) is 80.0 Å². The van der Waals surface area contributed by atoms with Crippen molar-refractivity contribution in [3.8, 4) is 0 Å². The van der Waals surface area contributed by atoms with Gasteiger partial charge in [-0.3, -0.25) is 4.79 Å². The first-order valence-corrected chi connectivity index (χ1v) is 7.36. The highest BCUT2D eigenvalue weighted by Crippen LogP contribution is 2.36. The van der Waals surface area contributed by atoms with E-state index in [1.54, 1.807) is 0 Å². The number of carbonyl (C=O) groups is 1. The summed E-state index contributed by atoms with van der Waals surface area (Å²) < 4.78 is 1.90. The van der Waals surface area contributed by atoms with Gasteiger partial charge in [-0.2, -0.15) is 5.10 Å². The van der Waals surface area contributed by atoms with Crippen molar-refractivity contribution in [2.45, 2.75) is 64.5 Å². The molecule has 0 aliphatic heterocycles. The maximum Gasteiger partial charge on any atom is 0.323 e. The summed E-state index contributed by atoms with van der Waals surface area (Å²) in [7, 11) is 0. The van der Waals surface area contributed by atoms with Gasteiger partial charge in [-0.1, -0.05) is 6.92 Å². The lowest BCUT2D eigenvalue weighted by Gasteiger charge is -2.38. The van der Waals surface area contributed by atoms with Gasteiger partial charge in [0.1, 0.15) is 17.2 Å². The molecule has 1 aliphatic rings. The Bertz CT molecular complexity index is 486. The monoisotopic (exact) mass is 280 g/mol. The summed E-state index contributed by atoms with van der Waals surface area (Å²) >= 11 is 0. The fourth-order valence-corrected chi connectivity index (χ4v) is 3.13. The van der Waals surface area contributed by atoms with E-state index in [-0.39, 0.29) is 6.04 Å². The molecule has 1 aromatic rings. The van der Waals surface area contributed by atoms with E-state index in [4.69, 9.17) is 0 Å². The molecule has 6 heteroatoms. The summed E-state index contributed by atoms with van der Waals surface area (Å²) in [5.74, 6) is 0.866. The third kappa shape index (κ3) is 2.85. The highest BCUT2D eigenvalue weighted by molar-refractivity contribution is 5.79. The molecule has 1 aromatic heterocycles. The standard InChI is InChI=1S/C14H24N4O2/c1-4-8-15-14(13(19)20)7-5-6-12(9-14)18-11(3)16-10(2)17-18/h12,15H,4-9H2,1-3H3,(H,19,20). The molecule has 0 radical (unpaired) electrons. The number of aliphatic carboxylic acids is 1. The lowest BCUT2D eigenvalue weighted by Crippen LogP contribution is -2.55. The Morgan fingerprint density at radius 3 is 2.85 bits per heavy atom. The highest BCUT2D eigenvalue weighted by atomic mass is 16.4. The SMILES string of the molecule is CCCNC1(C(=O)O)CCCC(n2nc(C)nc2C)C1. The molecule has 0 saturated heterocycles. The minimum absolute atomic E-state index is 0.116. The third-order valence-electron chi connectivity index (χ3n) is 4.10. The van der Waals surface area contributed by atoms with Crippen LogP contribution >= 0.6 is 0 Å². The van der Waals surface area contributed by atoms with E-state index in [0.29, 0.717) is 12.8 Å². The Morgan fingerprint density at radius 2 is 2.30 bits per heavy atom. The van der Waals surface area contributed by atoms with Crippen LogP contribution in [-0.4, -0.2) is 37.9 Å². The molecule has 1 saturated carbocycles. The van der Waals surface area contributed by atoms with Gasteiger partial charge in [0.05, 0.1) is 6.04 Å². The van der Waals surface area contributed by atoms with Crippen LogP contribution in [0.2, 0.25) is 0 Å². The number of hydrogen-bond donors (Lipinski definition) is 2. The van der Waals surface area contributed by atoms with Crippen LogP contribution in [0.15, 0.2) is 0 Å². The van der Waals surface area contributed by atoms with Crippen molar-refractivity contribution in [2.75, 3.05) is 6.54 Å². The Morgan fingerprint density at radius 1 is 1.55 bits per heavy atom. The third-order valence-corrected chi connectivity index (χ3v) is 4.10. The van der Waals surface area contributed by atoms with Gasteiger partial charge in [0.15, 0.2) is 0 Å². The second kappa shape index (κ2) is 5.91. The van der Waals surface area contributed by atoms with Crippen LogP contribution in [0.25, 0.3) is 0 Å². The molecule has 0 amide bonds. The first-order chi connectivity index (χ1) is 9.48. The number of nitrogens with one attached hydrogen (secondary N) is 1. The van der Waals surface area contributed by atoms with E-state index < -0.39 is 11.5 Å². The Kier molecular flexibility index (Phi) is 4.42. The average molecular weight is 280 g/mol. The molecule has 2 N–H and O–H groups in total. The molecule has 1 fully saturated rings. The number of rotatable bonds is 5. The van der Waals surface area contributed by atoms with Gasteiger partial charge in [0.2, 0.25) is 0 Å². The molecule has 2 atom stereocenters. The van der Waals surface area contributed by atoms with E-state index in [2.05, 4.69) is 15.4 Å². The summed E-state index contributed by atoms with van der Waals surface area (Å²) in [5.41, 5.74) is -0.814. The fraction of sp³-hybridized carbons (Fsp3) is 0.786. The van der Waals surface area contributed by atoms with Crippen LogP contribution in [0.3, 0.4) is 0 Å². The van der Waals surface area contributed by atoms with Gasteiger partial charge in [0.25, 0.3) is 0 Å². The summed E-state index contributed by atoms with van der Waals surface area (Å²) in [4.78, 5) is 16.1. The number of nitrogens with zero attached hydrogens (tertiary/aromatic N) is 3. The van der Waals surface area contributed by atoms with E-state index in [1.807, 2.05) is 25.5 Å². The summed E-state index contributed by atoms with van der Waals surface area (Å²) in [5, 5.41) is 17.3. The van der Waals surface area contributed by atoms with Crippen LogP contribution < -0.4 is 5.32 Å². The van der Waals surface area contributed by atoms with Crippen molar-refractivity contribution in [3.05, 3.63) is 11.6 Å². The molecule has 2 rings (SSSR count). The Hall–Kier alpha value is -1.43. The van der Waals surface area contributed by atoms with Crippen molar-refractivity contribution in [3.63, 3.8) is 0 Å². The first-order valence-electron chi connectivity index (χ1n) is 7.36. The van der Waals surface area contributed by atoms with Crippen LogP contribution in [0.5, 0.6) is 0 Å². The first kappa shape index (κ1) is 15.0. The zero-order valence-electron chi connectivity index (χ0n) is 12.5. The van der Waals surface area contributed by atoms with Crippen molar-refractivity contribution in [1.82, 2.24) is 20.1 Å². The second-order valence-corrected chi connectivity index (χ2v) is 5.72. The van der Waals surface area contributed by atoms with Gasteiger partial charge in [-0.15, -0.1) is 0 Å². The molecule has 20 heavy (non-hydrogen) atoms. The summed E-state index contributed by atoms with van der Waals surface area (Å²) in [6.07, 6.45) is 4.05. The van der Waals surface area contributed by atoms with Crippen molar-refractivity contribution >= 4 is 5.97 Å². The van der Waals surface area contributed by atoms with Crippen molar-refractivity contribution in [2.24, 2.45) is 0 Å². The Labute approximate surface area is 119 Å². The minimum atomic E-state index is -0.814. The lowest BCUT2D eigenvalue weighted by atomic mass is 9.78. The molecule has 0 spiro atoms. The quantitative estimate of drug-likeness (QED) is 0.860. The van der Waals surface area contributed by atoms with E-state index >= 15 is 0 Å². The maximum absolute atomic E-state index is 11.7. The molecule has 1 aliphatic carbocycles. The normalized spacial score (nSPS) is 26.6. The van der Waals surface area contributed by atoms with E-state index in [9.17, 15) is 9.90 Å². The molecule has 2 unspecified atom stereocenters. The minimum Gasteiger partial charge on any atom is -0.480 e. The molecule has 6 nitrogen and oxygen atoms in total. The zero-order valence-corrected chi connectivity index (χ0v) is 12.5. The molecule has 0 aromatic carbocycles. The predicted molar refractivity (Wildman–Crippen MR) is 75.7 cm³/mol. The number of hydrogen-bond acceptors (Lipinski definition) is 4. The molecule has 0 bridgehead atoms.